The van der Waals surface area contributed by atoms with E-state index in [1.807, 2.05) is 18.2 Å². The van der Waals surface area contributed by atoms with E-state index in [2.05, 4.69) is 0 Å². The fraction of sp³-hybridized carbons (Fsp3) is 0. The number of hydrogen-bond acceptors (Lipinski definition) is 2. The van der Waals surface area contributed by atoms with E-state index in [9.17, 15) is 4.79 Å². The van der Waals surface area contributed by atoms with Crippen LogP contribution in [0.1, 0.15) is 10.4 Å². The maximum absolute atomic E-state index is 10.8. The predicted molar refractivity (Wildman–Crippen MR) is 73.6 cm³/mol. The van der Waals surface area contributed by atoms with Crippen LogP contribution >= 0.6 is 11.6 Å². The quantitative estimate of drug-likeness (QED) is 0.750. The van der Waals surface area contributed by atoms with Crippen molar-refractivity contribution in [1.29, 1.82) is 0 Å². The van der Waals surface area contributed by atoms with Gasteiger partial charge in [0.05, 0.1) is 10.6 Å². The molecule has 0 aliphatic heterocycles. The Labute approximate surface area is 114 Å². The third-order valence-corrected chi connectivity index (χ3v) is 3.21. The minimum absolute atomic E-state index is 0.248. The Hall–Kier alpha value is -2.26. The van der Waals surface area contributed by atoms with Crippen molar-refractivity contribution in [3.05, 3.63) is 59.1 Å². The molecule has 94 valence electrons. The van der Waals surface area contributed by atoms with Crippen molar-refractivity contribution in [2.75, 3.05) is 0 Å². The number of carbonyl (C=O) groups is 1. The van der Waals surface area contributed by atoms with Gasteiger partial charge < -0.3 is 9.52 Å². The van der Waals surface area contributed by atoms with E-state index in [0.29, 0.717) is 16.4 Å². The molecule has 0 spiro atoms. The van der Waals surface area contributed by atoms with Gasteiger partial charge in [0.1, 0.15) is 5.76 Å². The second kappa shape index (κ2) is 4.44. The Morgan fingerprint density at radius 2 is 1.84 bits per heavy atom. The number of carboxylic acids is 1. The third kappa shape index (κ3) is 2.09. The topological polar surface area (TPSA) is 50.4 Å². The van der Waals surface area contributed by atoms with Crippen molar-refractivity contribution in [3.63, 3.8) is 0 Å². The number of carboxylic acid groups (broad SMARTS) is 1. The van der Waals surface area contributed by atoms with E-state index in [1.54, 1.807) is 30.3 Å². The number of hydrogen-bond donors (Lipinski definition) is 1. The highest BCUT2D eigenvalue weighted by Crippen LogP contribution is 2.31. The number of halogens is 1. The van der Waals surface area contributed by atoms with Gasteiger partial charge in [-0.05, 0) is 24.3 Å². The van der Waals surface area contributed by atoms with Gasteiger partial charge in [-0.3, -0.25) is 0 Å². The van der Waals surface area contributed by atoms with E-state index in [1.165, 1.54) is 0 Å². The van der Waals surface area contributed by atoms with Crippen LogP contribution in [0.2, 0.25) is 5.02 Å². The molecule has 0 aliphatic rings. The molecular formula is C15H9ClO3. The lowest BCUT2D eigenvalue weighted by molar-refractivity contribution is 0.0697. The lowest BCUT2D eigenvalue weighted by atomic mass is 10.1. The number of furan rings is 1. The van der Waals surface area contributed by atoms with Crippen molar-refractivity contribution < 1.29 is 14.3 Å². The first kappa shape index (κ1) is 11.8. The molecule has 0 radical (unpaired) electrons. The number of rotatable bonds is 2. The normalized spacial score (nSPS) is 10.8. The van der Waals surface area contributed by atoms with E-state index >= 15 is 0 Å². The zero-order valence-electron chi connectivity index (χ0n) is 9.76. The average Bonchev–Trinajstić information content (AvgIpc) is 2.84. The molecule has 4 heteroatoms. The van der Waals surface area contributed by atoms with E-state index < -0.39 is 5.97 Å². The molecule has 1 heterocycles. The molecule has 1 aromatic heterocycles. The van der Waals surface area contributed by atoms with Gasteiger partial charge in [-0.2, -0.15) is 0 Å². The Balaban J connectivity index is 2.09. The third-order valence-electron chi connectivity index (χ3n) is 2.91. The summed E-state index contributed by atoms with van der Waals surface area (Å²) in [6, 6.07) is 14.0. The standard InChI is InChI=1S/C15H9ClO3/c16-12-3-1-2-11-8-13(19-14(11)12)9-4-6-10(7-5-9)15(17)18/h1-8H,(H,17,18). The zero-order chi connectivity index (χ0) is 13.4. The maximum atomic E-state index is 10.8. The predicted octanol–water partition coefficient (Wildman–Crippen LogP) is 4.45. The highest BCUT2D eigenvalue weighted by Gasteiger charge is 2.09. The van der Waals surface area contributed by atoms with Crippen LogP contribution in [0.4, 0.5) is 0 Å². The second-order valence-corrected chi connectivity index (χ2v) is 4.56. The van der Waals surface area contributed by atoms with Crippen LogP contribution in [0.3, 0.4) is 0 Å². The minimum atomic E-state index is -0.945. The molecule has 1 N–H and O–H groups in total. The van der Waals surface area contributed by atoms with Gasteiger partial charge in [0.15, 0.2) is 5.58 Å². The van der Waals surface area contributed by atoms with Crippen molar-refractivity contribution >= 4 is 28.5 Å². The van der Waals surface area contributed by atoms with Gasteiger partial charge in [-0.15, -0.1) is 0 Å². The van der Waals surface area contributed by atoms with Crippen LogP contribution < -0.4 is 0 Å². The van der Waals surface area contributed by atoms with E-state index in [4.69, 9.17) is 21.1 Å². The fourth-order valence-electron chi connectivity index (χ4n) is 1.95. The molecule has 3 aromatic rings. The Morgan fingerprint density at radius 3 is 2.47 bits per heavy atom. The molecule has 0 aliphatic carbocycles. The molecule has 0 atom stereocenters. The summed E-state index contributed by atoms with van der Waals surface area (Å²) in [5.41, 5.74) is 1.71. The number of aromatic carboxylic acids is 1. The molecule has 0 unspecified atom stereocenters. The van der Waals surface area contributed by atoms with Crippen LogP contribution in [-0.2, 0) is 0 Å². The van der Waals surface area contributed by atoms with Gasteiger partial charge in [0.2, 0.25) is 0 Å². The maximum Gasteiger partial charge on any atom is 0.335 e. The summed E-state index contributed by atoms with van der Waals surface area (Å²) in [5.74, 6) is -0.278. The Kier molecular flexibility index (Phi) is 2.76. The lowest BCUT2D eigenvalue weighted by Crippen LogP contribution is -1.94. The van der Waals surface area contributed by atoms with E-state index in [0.717, 1.165) is 10.9 Å². The van der Waals surface area contributed by atoms with Crippen LogP contribution in [0.15, 0.2) is 52.9 Å². The SMILES string of the molecule is O=C(O)c1ccc(-c2cc3cccc(Cl)c3o2)cc1. The smallest absolute Gasteiger partial charge is 0.335 e. The molecule has 0 amide bonds. The van der Waals surface area contributed by atoms with Crippen molar-refractivity contribution in [3.8, 4) is 11.3 Å². The van der Waals surface area contributed by atoms with Crippen LogP contribution in [0, 0.1) is 0 Å². The van der Waals surface area contributed by atoms with E-state index in [-0.39, 0.29) is 5.56 Å². The summed E-state index contributed by atoms with van der Waals surface area (Å²) in [7, 11) is 0. The molecule has 0 bridgehead atoms. The monoisotopic (exact) mass is 272 g/mol. The fourth-order valence-corrected chi connectivity index (χ4v) is 2.17. The number of benzene rings is 2. The molecule has 3 nitrogen and oxygen atoms in total. The van der Waals surface area contributed by atoms with Crippen LogP contribution in [0.5, 0.6) is 0 Å². The highest BCUT2D eigenvalue weighted by molar-refractivity contribution is 6.34. The summed E-state index contributed by atoms with van der Waals surface area (Å²) in [5, 5.41) is 10.3. The number of fused-ring (bicyclic) bond motifs is 1. The molecule has 2 aromatic carbocycles. The summed E-state index contributed by atoms with van der Waals surface area (Å²) in [6.45, 7) is 0. The zero-order valence-corrected chi connectivity index (χ0v) is 10.5. The van der Waals surface area contributed by atoms with Gasteiger partial charge in [0, 0.05) is 10.9 Å². The summed E-state index contributed by atoms with van der Waals surface area (Å²) < 4.78 is 5.71. The minimum Gasteiger partial charge on any atom is -0.478 e. The summed E-state index contributed by atoms with van der Waals surface area (Å²) >= 11 is 6.05. The van der Waals surface area contributed by atoms with Crippen molar-refractivity contribution in [1.82, 2.24) is 0 Å². The largest absolute Gasteiger partial charge is 0.478 e. The lowest BCUT2D eigenvalue weighted by Gasteiger charge is -1.97. The Morgan fingerprint density at radius 1 is 1.11 bits per heavy atom. The molecule has 0 saturated carbocycles. The first-order chi connectivity index (χ1) is 9.15. The van der Waals surface area contributed by atoms with Crippen LogP contribution in [0.25, 0.3) is 22.3 Å². The van der Waals surface area contributed by atoms with Gasteiger partial charge in [-0.25, -0.2) is 4.79 Å². The van der Waals surface area contributed by atoms with Crippen molar-refractivity contribution in [2.24, 2.45) is 0 Å². The van der Waals surface area contributed by atoms with Gasteiger partial charge in [0.25, 0.3) is 0 Å². The van der Waals surface area contributed by atoms with Gasteiger partial charge in [-0.1, -0.05) is 35.9 Å². The Bertz CT molecular complexity index is 757. The van der Waals surface area contributed by atoms with Crippen LogP contribution in [-0.4, -0.2) is 11.1 Å². The molecular weight excluding hydrogens is 264 g/mol. The summed E-state index contributed by atoms with van der Waals surface area (Å²) in [4.78, 5) is 10.8. The number of para-hydroxylation sites is 1. The first-order valence-electron chi connectivity index (χ1n) is 5.67. The molecule has 0 fully saturated rings. The summed E-state index contributed by atoms with van der Waals surface area (Å²) in [6.07, 6.45) is 0. The molecule has 19 heavy (non-hydrogen) atoms. The second-order valence-electron chi connectivity index (χ2n) is 4.15. The highest BCUT2D eigenvalue weighted by atomic mass is 35.5. The van der Waals surface area contributed by atoms with Gasteiger partial charge >= 0.3 is 5.97 Å². The molecule has 0 saturated heterocycles. The average molecular weight is 273 g/mol. The van der Waals surface area contributed by atoms with Crippen molar-refractivity contribution in [2.45, 2.75) is 0 Å². The first-order valence-corrected chi connectivity index (χ1v) is 6.05. The molecule has 3 rings (SSSR count).